The number of fused-ring (bicyclic) bond motifs is 1. The summed E-state index contributed by atoms with van der Waals surface area (Å²) in [7, 11) is 0. The zero-order chi connectivity index (χ0) is 26.4. The molecule has 2 aromatic carbocycles. The number of aryl methyl sites for hydroxylation is 1. The van der Waals surface area contributed by atoms with Gasteiger partial charge in [-0.05, 0) is 74.9 Å². The number of phenolic OH excluding ortho intramolecular Hbond substituents is 1. The lowest BCUT2D eigenvalue weighted by Crippen LogP contribution is -2.19. The fourth-order valence-electron chi connectivity index (χ4n) is 4.62. The summed E-state index contributed by atoms with van der Waals surface area (Å²) < 4.78 is 17.5. The number of ether oxygens (including phenoxy) is 3. The number of anilines is 1. The van der Waals surface area contributed by atoms with Gasteiger partial charge in [-0.2, -0.15) is 0 Å². The van der Waals surface area contributed by atoms with Gasteiger partial charge in [0.05, 0.1) is 6.61 Å². The van der Waals surface area contributed by atoms with Crippen molar-refractivity contribution in [2.45, 2.75) is 59.5 Å². The van der Waals surface area contributed by atoms with Crippen LogP contribution >= 0.6 is 0 Å². The van der Waals surface area contributed by atoms with Gasteiger partial charge < -0.3 is 24.6 Å². The number of nitrogens with zero attached hydrogens (tertiary/aromatic N) is 1. The van der Waals surface area contributed by atoms with Gasteiger partial charge in [-0.1, -0.05) is 13.0 Å². The van der Waals surface area contributed by atoms with Crippen LogP contribution in [-0.2, 0) is 40.2 Å². The number of amides is 1. The topological polar surface area (TPSA) is 107 Å². The summed E-state index contributed by atoms with van der Waals surface area (Å²) in [5.74, 6) is 0.913. The first-order chi connectivity index (χ1) is 17.9. The van der Waals surface area contributed by atoms with Crippen LogP contribution < -0.4 is 14.8 Å². The van der Waals surface area contributed by atoms with Gasteiger partial charge in [0.2, 0.25) is 5.91 Å². The highest BCUT2D eigenvalue weighted by Crippen LogP contribution is 2.45. The first-order valence-corrected chi connectivity index (χ1v) is 12.6. The molecular weight excluding hydrogens is 472 g/mol. The van der Waals surface area contributed by atoms with E-state index in [0.717, 1.165) is 47.3 Å². The molecule has 0 fully saturated rings. The van der Waals surface area contributed by atoms with Crippen LogP contribution in [-0.4, -0.2) is 28.6 Å². The minimum absolute atomic E-state index is 0.151. The minimum Gasteiger partial charge on any atom is -0.508 e. The van der Waals surface area contributed by atoms with E-state index in [0.29, 0.717) is 29.2 Å². The number of nitrogens with one attached hydrogen (secondary N) is 1. The van der Waals surface area contributed by atoms with Gasteiger partial charge in [0.1, 0.15) is 24.5 Å². The third kappa shape index (κ3) is 6.02. The van der Waals surface area contributed by atoms with Crippen molar-refractivity contribution in [2.24, 2.45) is 0 Å². The van der Waals surface area contributed by atoms with Crippen molar-refractivity contribution in [3.8, 4) is 23.0 Å². The summed E-state index contributed by atoms with van der Waals surface area (Å²) in [6.45, 7) is 6.09. The second-order valence-electron chi connectivity index (χ2n) is 8.91. The molecule has 37 heavy (non-hydrogen) atoms. The van der Waals surface area contributed by atoms with Crippen LogP contribution in [0.1, 0.15) is 54.5 Å². The van der Waals surface area contributed by atoms with E-state index in [2.05, 4.69) is 10.3 Å². The van der Waals surface area contributed by atoms with Gasteiger partial charge in [0.25, 0.3) is 0 Å². The first kappa shape index (κ1) is 26.0. The Hall–Kier alpha value is -4.07. The van der Waals surface area contributed by atoms with Crippen LogP contribution in [0, 0.1) is 6.92 Å². The number of benzene rings is 2. The zero-order valence-corrected chi connectivity index (χ0v) is 21.4. The number of esters is 1. The Balaban J connectivity index is 1.63. The van der Waals surface area contributed by atoms with Crippen molar-refractivity contribution in [3.05, 3.63) is 70.5 Å². The van der Waals surface area contributed by atoms with Crippen LogP contribution in [0.2, 0.25) is 0 Å². The van der Waals surface area contributed by atoms with Crippen molar-refractivity contribution >= 4 is 17.6 Å². The highest BCUT2D eigenvalue weighted by molar-refractivity contribution is 6.02. The molecule has 194 valence electrons. The Morgan fingerprint density at radius 3 is 2.65 bits per heavy atom. The fourth-order valence-corrected chi connectivity index (χ4v) is 4.62. The third-order valence-corrected chi connectivity index (χ3v) is 6.29. The van der Waals surface area contributed by atoms with Gasteiger partial charge in [-0.25, -0.2) is 0 Å². The Morgan fingerprint density at radius 2 is 1.92 bits per heavy atom. The van der Waals surface area contributed by atoms with Crippen LogP contribution in [0.3, 0.4) is 0 Å². The molecule has 2 N–H and O–H groups in total. The third-order valence-electron chi connectivity index (χ3n) is 6.29. The molecule has 0 saturated carbocycles. The van der Waals surface area contributed by atoms with E-state index in [1.807, 2.05) is 32.0 Å². The molecule has 1 aliphatic rings. The summed E-state index contributed by atoms with van der Waals surface area (Å²) >= 11 is 0. The number of hydrogen-bond acceptors (Lipinski definition) is 7. The van der Waals surface area contributed by atoms with E-state index in [4.69, 9.17) is 14.2 Å². The van der Waals surface area contributed by atoms with Crippen LogP contribution in [0.4, 0.5) is 5.69 Å². The van der Waals surface area contributed by atoms with E-state index in [1.54, 1.807) is 31.5 Å². The van der Waals surface area contributed by atoms with E-state index in [-0.39, 0.29) is 25.4 Å². The maximum atomic E-state index is 12.4. The summed E-state index contributed by atoms with van der Waals surface area (Å²) in [6, 6.07) is 8.97. The average molecular weight is 505 g/mol. The largest absolute Gasteiger partial charge is 0.508 e. The highest BCUT2D eigenvalue weighted by atomic mass is 16.5. The lowest BCUT2D eigenvalue weighted by atomic mass is 10.0. The summed E-state index contributed by atoms with van der Waals surface area (Å²) in [5, 5.41) is 13.4. The van der Waals surface area contributed by atoms with Gasteiger partial charge in [-0.3, -0.25) is 14.6 Å². The number of aromatic hydroxyl groups is 1. The van der Waals surface area contributed by atoms with Crippen molar-refractivity contribution < 1.29 is 28.9 Å². The Morgan fingerprint density at radius 1 is 1.11 bits per heavy atom. The molecular formula is C29H32N2O6. The number of carbonyl (C=O) groups is 2. The molecule has 0 bridgehead atoms. The molecule has 1 amide bonds. The lowest BCUT2D eigenvalue weighted by molar-refractivity contribution is -0.145. The van der Waals surface area contributed by atoms with E-state index >= 15 is 0 Å². The second kappa shape index (κ2) is 11.8. The van der Waals surface area contributed by atoms with Crippen molar-refractivity contribution in [3.63, 3.8) is 0 Å². The molecule has 1 aliphatic carbocycles. The number of carbonyl (C=O) groups excluding carboxylic acids is 2. The van der Waals surface area contributed by atoms with Crippen molar-refractivity contribution in [1.82, 2.24) is 4.98 Å². The molecule has 3 aromatic rings. The number of hydrogen-bond donors (Lipinski definition) is 2. The lowest BCUT2D eigenvalue weighted by Gasteiger charge is -2.21. The maximum Gasteiger partial charge on any atom is 0.315 e. The van der Waals surface area contributed by atoms with E-state index < -0.39 is 11.9 Å². The number of rotatable bonds is 10. The van der Waals surface area contributed by atoms with Crippen molar-refractivity contribution in [2.75, 3.05) is 11.9 Å². The maximum absolute atomic E-state index is 12.4. The van der Waals surface area contributed by atoms with Gasteiger partial charge in [0.15, 0.2) is 11.5 Å². The van der Waals surface area contributed by atoms with Crippen LogP contribution in [0.25, 0.3) is 0 Å². The van der Waals surface area contributed by atoms with E-state index in [1.165, 1.54) is 0 Å². The minimum atomic E-state index is -0.550. The molecule has 0 spiro atoms. The van der Waals surface area contributed by atoms with Crippen molar-refractivity contribution in [1.29, 1.82) is 0 Å². The normalized spacial score (nSPS) is 12.1. The van der Waals surface area contributed by atoms with Crippen LogP contribution in [0.15, 0.2) is 42.7 Å². The van der Waals surface area contributed by atoms with Gasteiger partial charge in [-0.15, -0.1) is 0 Å². The predicted octanol–water partition coefficient (Wildman–Crippen LogP) is 5.41. The highest BCUT2D eigenvalue weighted by Gasteiger charge is 2.25. The van der Waals surface area contributed by atoms with Gasteiger partial charge >= 0.3 is 5.97 Å². The fraction of sp³-hybridized carbons (Fsp3) is 0.345. The monoisotopic (exact) mass is 504 g/mol. The molecule has 1 aromatic heterocycles. The molecule has 4 rings (SSSR count). The molecule has 8 nitrogen and oxygen atoms in total. The predicted molar refractivity (Wildman–Crippen MR) is 139 cm³/mol. The quantitative estimate of drug-likeness (QED) is 0.281. The molecule has 0 atom stereocenters. The first-order valence-electron chi connectivity index (χ1n) is 12.6. The Bertz CT molecular complexity index is 1290. The zero-order valence-electron chi connectivity index (χ0n) is 21.4. The Kier molecular flexibility index (Phi) is 8.28. The average Bonchev–Trinajstić information content (AvgIpc) is 3.37. The number of phenols is 1. The number of pyridine rings is 1. The molecule has 0 unspecified atom stereocenters. The molecule has 0 saturated heterocycles. The smallest absolute Gasteiger partial charge is 0.315 e. The molecule has 8 heteroatoms. The molecule has 0 aliphatic heterocycles. The standard InChI is InChI=1S/C29H32N2O6/c1-4-20-24(32)11-12-25(29(20)36-17-19-8-7-13-30-16-19)37-28-18(3)14-23(21-9-6-10-22(21)28)31-26(33)15-27(34)35-5-2/h7-8,11-14,16,32H,4-6,9-10,15,17H2,1-3H3,(H,31,33). The molecule has 1 heterocycles. The van der Waals surface area contributed by atoms with Gasteiger partial charge in [0, 0.05) is 34.8 Å². The second-order valence-corrected chi connectivity index (χ2v) is 8.91. The Labute approximate surface area is 216 Å². The summed E-state index contributed by atoms with van der Waals surface area (Å²) in [5.41, 5.74) is 5.13. The van der Waals surface area contributed by atoms with E-state index in [9.17, 15) is 14.7 Å². The summed E-state index contributed by atoms with van der Waals surface area (Å²) in [4.78, 5) is 28.3. The SMILES string of the molecule is CCOC(=O)CC(=O)Nc1cc(C)c(Oc2ccc(O)c(CC)c2OCc2cccnc2)c2c1CCC2. The molecule has 0 radical (unpaired) electrons. The summed E-state index contributed by atoms with van der Waals surface area (Å²) in [6.07, 6.45) is 6.20. The van der Waals surface area contributed by atoms with Crippen LogP contribution in [0.5, 0.6) is 23.0 Å². The number of aromatic nitrogens is 1.